The number of aryl methyl sites for hydroxylation is 1. The van der Waals surface area contributed by atoms with Crippen molar-refractivity contribution < 1.29 is 12.8 Å². The first kappa shape index (κ1) is 16.9. The molecule has 4 rings (SSSR count). The van der Waals surface area contributed by atoms with Crippen LogP contribution in [0.5, 0.6) is 0 Å². The predicted molar refractivity (Wildman–Crippen MR) is 93.2 cm³/mol. The van der Waals surface area contributed by atoms with Crippen LogP contribution in [0.2, 0.25) is 0 Å². The van der Waals surface area contributed by atoms with Crippen molar-refractivity contribution in [1.82, 2.24) is 24.3 Å². The molecule has 26 heavy (non-hydrogen) atoms. The Morgan fingerprint density at radius 1 is 1.31 bits per heavy atom. The third-order valence-corrected chi connectivity index (χ3v) is 6.40. The zero-order valence-electron chi connectivity index (χ0n) is 14.2. The number of hydrogen-bond acceptors (Lipinski definition) is 4. The highest BCUT2D eigenvalue weighted by Gasteiger charge is 2.32. The van der Waals surface area contributed by atoms with Crippen molar-refractivity contribution in [3.8, 4) is 11.3 Å². The van der Waals surface area contributed by atoms with E-state index in [4.69, 9.17) is 0 Å². The monoisotopic (exact) mass is 375 g/mol. The normalized spacial score (nSPS) is 15.2. The van der Waals surface area contributed by atoms with Crippen molar-refractivity contribution in [2.24, 2.45) is 0 Å². The fourth-order valence-electron chi connectivity index (χ4n) is 3.15. The second kappa shape index (κ2) is 6.33. The molecule has 0 amide bonds. The molecule has 9 heteroatoms. The van der Waals surface area contributed by atoms with Crippen molar-refractivity contribution in [3.05, 3.63) is 53.7 Å². The van der Waals surface area contributed by atoms with Gasteiger partial charge < -0.3 is 0 Å². The van der Waals surface area contributed by atoms with E-state index in [1.54, 1.807) is 22.9 Å². The lowest BCUT2D eigenvalue weighted by molar-refractivity contribution is 0.390. The van der Waals surface area contributed by atoms with Crippen molar-refractivity contribution in [2.45, 2.75) is 31.3 Å². The van der Waals surface area contributed by atoms with Crippen LogP contribution < -0.4 is 0 Å². The summed E-state index contributed by atoms with van der Waals surface area (Å²) in [4.78, 5) is 0.165. The topological polar surface area (TPSA) is 83.9 Å². The van der Waals surface area contributed by atoms with Crippen molar-refractivity contribution in [2.75, 3.05) is 6.54 Å². The number of halogens is 1. The Hall–Kier alpha value is -2.52. The number of fused-ring (bicyclic) bond motifs is 1. The molecule has 1 aromatic carbocycles. The third kappa shape index (κ3) is 2.73. The number of benzene rings is 1. The molecule has 0 aliphatic carbocycles. The standard InChI is InChI=1S/C17H18FN5O2S/c1-2-22-10-12(9-19-22)26(24,25)23-8-7-16-14(11-23)17(21-20-16)13-5-3-4-6-15(13)18/h3-6,9-10H,2,7-8,11H2,1H3,(H,20,21). The first-order chi connectivity index (χ1) is 12.5. The molecule has 0 saturated carbocycles. The SMILES string of the molecule is CCn1cc(S(=O)(=O)N2CCc3[nH]nc(-c4ccccc4F)c3C2)cn1. The third-order valence-electron chi connectivity index (χ3n) is 4.60. The summed E-state index contributed by atoms with van der Waals surface area (Å²) in [5, 5.41) is 11.2. The van der Waals surface area contributed by atoms with E-state index in [9.17, 15) is 12.8 Å². The van der Waals surface area contributed by atoms with Gasteiger partial charge in [0.1, 0.15) is 10.7 Å². The Morgan fingerprint density at radius 2 is 2.12 bits per heavy atom. The fourth-order valence-corrected chi connectivity index (χ4v) is 4.52. The lowest BCUT2D eigenvalue weighted by Crippen LogP contribution is -2.35. The van der Waals surface area contributed by atoms with Gasteiger partial charge in [0.15, 0.2) is 0 Å². The van der Waals surface area contributed by atoms with Gasteiger partial charge in [-0.05, 0) is 19.1 Å². The summed E-state index contributed by atoms with van der Waals surface area (Å²) >= 11 is 0. The molecule has 0 atom stereocenters. The molecule has 3 aromatic rings. The van der Waals surface area contributed by atoms with Crippen LogP contribution in [-0.2, 0) is 29.5 Å². The number of sulfonamides is 1. The average molecular weight is 375 g/mol. The van der Waals surface area contributed by atoms with Gasteiger partial charge in [-0.1, -0.05) is 12.1 Å². The Kier molecular flexibility index (Phi) is 4.12. The Balaban J connectivity index is 1.70. The molecule has 0 spiro atoms. The van der Waals surface area contributed by atoms with Crippen LogP contribution in [0.4, 0.5) is 4.39 Å². The van der Waals surface area contributed by atoms with Crippen LogP contribution >= 0.6 is 0 Å². The van der Waals surface area contributed by atoms with E-state index in [1.165, 1.54) is 22.8 Å². The fraction of sp³-hybridized carbons (Fsp3) is 0.294. The van der Waals surface area contributed by atoms with E-state index in [1.807, 2.05) is 6.92 Å². The lowest BCUT2D eigenvalue weighted by Gasteiger charge is -2.25. The molecule has 0 fully saturated rings. The van der Waals surface area contributed by atoms with Gasteiger partial charge in [0.2, 0.25) is 10.0 Å². The summed E-state index contributed by atoms with van der Waals surface area (Å²) in [5.74, 6) is -0.383. The zero-order chi connectivity index (χ0) is 18.3. The Labute approximate surface area is 150 Å². The van der Waals surface area contributed by atoms with E-state index in [-0.39, 0.29) is 17.3 Å². The summed E-state index contributed by atoms with van der Waals surface area (Å²) in [6, 6.07) is 6.35. The van der Waals surface area contributed by atoms with E-state index in [0.29, 0.717) is 36.3 Å². The van der Waals surface area contributed by atoms with Gasteiger partial charge in [0, 0.05) is 49.1 Å². The van der Waals surface area contributed by atoms with E-state index in [0.717, 1.165) is 5.69 Å². The van der Waals surface area contributed by atoms with Gasteiger partial charge in [0.05, 0.1) is 11.9 Å². The Bertz CT molecular complexity index is 1060. The minimum atomic E-state index is -3.67. The highest BCUT2D eigenvalue weighted by Crippen LogP contribution is 2.32. The number of nitrogens with zero attached hydrogens (tertiary/aromatic N) is 4. The maximum atomic E-state index is 14.2. The van der Waals surface area contributed by atoms with Crippen LogP contribution in [0, 0.1) is 5.82 Å². The van der Waals surface area contributed by atoms with Gasteiger partial charge in [-0.2, -0.15) is 14.5 Å². The summed E-state index contributed by atoms with van der Waals surface area (Å²) in [6.07, 6.45) is 3.39. The molecule has 136 valence electrons. The first-order valence-electron chi connectivity index (χ1n) is 8.34. The molecule has 1 aliphatic heterocycles. The van der Waals surface area contributed by atoms with E-state index >= 15 is 0 Å². The molecule has 7 nitrogen and oxygen atoms in total. The minimum Gasteiger partial charge on any atom is -0.282 e. The molecule has 0 radical (unpaired) electrons. The number of aromatic amines is 1. The smallest absolute Gasteiger partial charge is 0.246 e. The van der Waals surface area contributed by atoms with Crippen molar-refractivity contribution in [3.63, 3.8) is 0 Å². The van der Waals surface area contributed by atoms with Gasteiger partial charge in [-0.25, -0.2) is 12.8 Å². The van der Waals surface area contributed by atoms with Crippen molar-refractivity contribution in [1.29, 1.82) is 0 Å². The number of nitrogens with one attached hydrogen (secondary N) is 1. The summed E-state index contributed by atoms with van der Waals surface area (Å²) < 4.78 is 43.0. The second-order valence-electron chi connectivity index (χ2n) is 6.13. The van der Waals surface area contributed by atoms with Gasteiger partial charge in [-0.3, -0.25) is 9.78 Å². The van der Waals surface area contributed by atoms with Crippen LogP contribution in [0.3, 0.4) is 0 Å². The lowest BCUT2D eigenvalue weighted by atomic mass is 10.0. The molecule has 2 aromatic heterocycles. The summed E-state index contributed by atoms with van der Waals surface area (Å²) in [7, 11) is -3.67. The van der Waals surface area contributed by atoms with Crippen molar-refractivity contribution >= 4 is 10.0 Å². The quantitative estimate of drug-likeness (QED) is 0.758. The van der Waals surface area contributed by atoms with Crippen LogP contribution in [-0.4, -0.2) is 39.2 Å². The molecule has 3 heterocycles. The molecular weight excluding hydrogens is 357 g/mol. The summed E-state index contributed by atoms with van der Waals surface area (Å²) in [6.45, 7) is 2.97. The predicted octanol–water partition coefficient (Wildman–Crippen LogP) is 2.18. The van der Waals surface area contributed by atoms with Crippen LogP contribution in [0.15, 0.2) is 41.6 Å². The van der Waals surface area contributed by atoms with Crippen LogP contribution in [0.1, 0.15) is 18.2 Å². The molecule has 1 N–H and O–H groups in total. The second-order valence-corrected chi connectivity index (χ2v) is 8.07. The van der Waals surface area contributed by atoms with Crippen LogP contribution in [0.25, 0.3) is 11.3 Å². The van der Waals surface area contributed by atoms with Gasteiger partial charge in [-0.15, -0.1) is 0 Å². The summed E-state index contributed by atoms with van der Waals surface area (Å²) in [5.41, 5.74) is 2.39. The number of aromatic nitrogens is 4. The molecule has 0 bridgehead atoms. The maximum absolute atomic E-state index is 14.2. The van der Waals surface area contributed by atoms with Gasteiger partial charge >= 0.3 is 0 Å². The molecule has 0 saturated heterocycles. The number of H-pyrrole nitrogens is 1. The van der Waals surface area contributed by atoms with E-state index < -0.39 is 10.0 Å². The highest BCUT2D eigenvalue weighted by atomic mass is 32.2. The molecule has 0 unspecified atom stereocenters. The first-order valence-corrected chi connectivity index (χ1v) is 9.78. The average Bonchev–Trinajstić information content (AvgIpc) is 3.29. The Morgan fingerprint density at radius 3 is 2.85 bits per heavy atom. The largest absolute Gasteiger partial charge is 0.282 e. The van der Waals surface area contributed by atoms with Gasteiger partial charge in [0.25, 0.3) is 0 Å². The number of hydrogen-bond donors (Lipinski definition) is 1. The zero-order valence-corrected chi connectivity index (χ0v) is 15.0. The molecule has 1 aliphatic rings. The number of rotatable bonds is 4. The highest BCUT2D eigenvalue weighted by molar-refractivity contribution is 7.89. The maximum Gasteiger partial charge on any atom is 0.246 e. The van der Waals surface area contributed by atoms with E-state index in [2.05, 4.69) is 15.3 Å². The molecular formula is C17H18FN5O2S. The minimum absolute atomic E-state index is 0.148.